The van der Waals surface area contributed by atoms with E-state index in [-0.39, 0.29) is 17.8 Å². The van der Waals surface area contributed by atoms with Gasteiger partial charge in [0.2, 0.25) is 11.8 Å². The van der Waals surface area contributed by atoms with Gasteiger partial charge in [0.05, 0.1) is 5.69 Å². The minimum Gasteiger partial charge on any atom is -0.397 e. The monoisotopic (exact) mass is 240 g/mol. The molecule has 1 fully saturated rings. The summed E-state index contributed by atoms with van der Waals surface area (Å²) in [5.74, 6) is -3.42. The zero-order chi connectivity index (χ0) is 12.7. The minimum absolute atomic E-state index is 0.00902. The van der Waals surface area contributed by atoms with E-state index in [9.17, 15) is 18.4 Å². The number of carbonyl (C=O) groups is 2. The lowest BCUT2D eigenvalue weighted by Gasteiger charge is -2.17. The van der Waals surface area contributed by atoms with Crippen molar-refractivity contribution in [3.05, 3.63) is 23.8 Å². The summed E-state index contributed by atoms with van der Waals surface area (Å²) in [6.45, 7) is 1.57. The Morgan fingerprint density at radius 3 is 2.47 bits per heavy atom. The van der Waals surface area contributed by atoms with E-state index in [1.54, 1.807) is 6.92 Å². The van der Waals surface area contributed by atoms with Crippen molar-refractivity contribution in [2.24, 2.45) is 5.92 Å². The van der Waals surface area contributed by atoms with Crippen LogP contribution in [0.15, 0.2) is 12.1 Å². The zero-order valence-corrected chi connectivity index (χ0v) is 9.04. The largest absolute Gasteiger partial charge is 0.397 e. The quantitative estimate of drug-likeness (QED) is 0.596. The van der Waals surface area contributed by atoms with Crippen LogP contribution in [0.25, 0.3) is 0 Å². The molecule has 1 heterocycles. The molecule has 1 aliphatic heterocycles. The Hall–Kier alpha value is -1.98. The first-order valence-electron chi connectivity index (χ1n) is 5.03. The lowest BCUT2D eigenvalue weighted by Crippen LogP contribution is -2.31. The lowest BCUT2D eigenvalue weighted by molar-refractivity contribution is -0.122. The van der Waals surface area contributed by atoms with E-state index in [2.05, 4.69) is 0 Å². The van der Waals surface area contributed by atoms with Gasteiger partial charge in [-0.15, -0.1) is 0 Å². The first-order valence-corrected chi connectivity index (χ1v) is 5.03. The van der Waals surface area contributed by atoms with Crippen molar-refractivity contribution in [1.82, 2.24) is 0 Å². The van der Waals surface area contributed by atoms with E-state index in [1.807, 2.05) is 0 Å². The minimum atomic E-state index is -1.02. The fourth-order valence-corrected chi connectivity index (χ4v) is 1.84. The number of rotatable bonds is 1. The number of amides is 2. The number of nitrogens with zero attached hydrogens (tertiary/aromatic N) is 1. The summed E-state index contributed by atoms with van der Waals surface area (Å²) in [5, 5.41) is 0. The van der Waals surface area contributed by atoms with Crippen molar-refractivity contribution in [3.8, 4) is 0 Å². The summed E-state index contributed by atoms with van der Waals surface area (Å²) in [4.78, 5) is 24.0. The number of imide groups is 1. The van der Waals surface area contributed by atoms with Gasteiger partial charge in [-0.05, 0) is 6.07 Å². The number of nitrogen functional groups attached to an aromatic ring is 1. The summed E-state index contributed by atoms with van der Waals surface area (Å²) < 4.78 is 26.4. The van der Waals surface area contributed by atoms with Crippen LogP contribution in [0.2, 0.25) is 0 Å². The third-order valence-corrected chi connectivity index (χ3v) is 2.65. The van der Waals surface area contributed by atoms with Gasteiger partial charge in [-0.2, -0.15) is 0 Å². The first-order chi connectivity index (χ1) is 7.91. The molecule has 1 unspecified atom stereocenters. The third kappa shape index (κ3) is 1.75. The highest BCUT2D eigenvalue weighted by molar-refractivity contribution is 6.22. The zero-order valence-electron chi connectivity index (χ0n) is 9.04. The summed E-state index contributed by atoms with van der Waals surface area (Å²) in [6.07, 6.45) is 0.00902. The van der Waals surface area contributed by atoms with Gasteiger partial charge in [0, 0.05) is 18.4 Å². The molecule has 1 aliphatic rings. The highest BCUT2D eigenvalue weighted by Crippen LogP contribution is 2.33. The molecule has 1 aromatic rings. The van der Waals surface area contributed by atoms with Gasteiger partial charge in [0.15, 0.2) is 5.82 Å². The van der Waals surface area contributed by atoms with Gasteiger partial charge in [-0.3, -0.25) is 9.59 Å². The number of benzene rings is 1. The van der Waals surface area contributed by atoms with Crippen LogP contribution in [0.1, 0.15) is 13.3 Å². The standard InChI is InChI=1S/C11H10F2N2O2/c1-5-2-9(16)15(11(5)17)10-7(13)3-6(12)4-8(10)14/h3-5H,2,14H2,1H3. The molecule has 1 saturated heterocycles. The Balaban J connectivity index is 2.55. The maximum Gasteiger partial charge on any atom is 0.237 e. The Kier molecular flexibility index (Phi) is 2.57. The molecule has 0 spiro atoms. The fourth-order valence-electron chi connectivity index (χ4n) is 1.84. The van der Waals surface area contributed by atoms with Gasteiger partial charge >= 0.3 is 0 Å². The summed E-state index contributed by atoms with van der Waals surface area (Å²) in [7, 11) is 0. The van der Waals surface area contributed by atoms with Crippen LogP contribution in [0, 0.1) is 17.6 Å². The second-order valence-corrected chi connectivity index (χ2v) is 4.00. The van der Waals surface area contributed by atoms with Gasteiger partial charge in [-0.1, -0.05) is 6.92 Å². The van der Waals surface area contributed by atoms with E-state index >= 15 is 0 Å². The predicted octanol–water partition coefficient (Wildman–Crippen LogP) is 1.45. The lowest BCUT2D eigenvalue weighted by atomic mass is 10.1. The molecular weight excluding hydrogens is 230 g/mol. The Bertz CT molecular complexity index is 493. The van der Waals surface area contributed by atoms with Gasteiger partial charge in [0.25, 0.3) is 0 Å². The Morgan fingerprint density at radius 2 is 2.00 bits per heavy atom. The molecule has 17 heavy (non-hydrogen) atoms. The number of halogens is 2. The van der Waals surface area contributed by atoms with Crippen LogP contribution in [0.4, 0.5) is 20.2 Å². The molecule has 0 aliphatic carbocycles. The third-order valence-electron chi connectivity index (χ3n) is 2.65. The van der Waals surface area contributed by atoms with Crippen LogP contribution in [0.3, 0.4) is 0 Å². The second-order valence-electron chi connectivity index (χ2n) is 4.00. The highest BCUT2D eigenvalue weighted by atomic mass is 19.1. The molecule has 0 saturated carbocycles. The molecule has 0 radical (unpaired) electrons. The molecule has 2 N–H and O–H groups in total. The molecule has 6 heteroatoms. The van der Waals surface area contributed by atoms with Gasteiger partial charge in [-0.25, -0.2) is 13.7 Å². The van der Waals surface area contributed by atoms with Crippen molar-refractivity contribution in [1.29, 1.82) is 0 Å². The van der Waals surface area contributed by atoms with E-state index in [0.717, 1.165) is 6.07 Å². The smallest absolute Gasteiger partial charge is 0.237 e. The average Bonchev–Trinajstić information content (AvgIpc) is 2.43. The van der Waals surface area contributed by atoms with Gasteiger partial charge in [0.1, 0.15) is 11.5 Å². The second kappa shape index (κ2) is 3.80. The van der Waals surface area contributed by atoms with Crippen LogP contribution in [-0.4, -0.2) is 11.8 Å². The van der Waals surface area contributed by atoms with Crippen molar-refractivity contribution in [2.45, 2.75) is 13.3 Å². The Morgan fingerprint density at radius 1 is 1.35 bits per heavy atom. The fraction of sp³-hybridized carbons (Fsp3) is 0.273. The van der Waals surface area contributed by atoms with Crippen molar-refractivity contribution in [3.63, 3.8) is 0 Å². The number of carbonyl (C=O) groups excluding carboxylic acids is 2. The summed E-state index contributed by atoms with van der Waals surface area (Å²) >= 11 is 0. The maximum absolute atomic E-state index is 13.6. The highest BCUT2D eigenvalue weighted by Gasteiger charge is 2.39. The molecule has 0 aromatic heterocycles. The van der Waals surface area contributed by atoms with Crippen LogP contribution in [-0.2, 0) is 9.59 Å². The molecule has 4 nitrogen and oxygen atoms in total. The van der Waals surface area contributed by atoms with Crippen molar-refractivity contribution >= 4 is 23.2 Å². The van der Waals surface area contributed by atoms with Crippen LogP contribution >= 0.6 is 0 Å². The van der Waals surface area contributed by atoms with Gasteiger partial charge < -0.3 is 5.73 Å². The number of hydrogen-bond acceptors (Lipinski definition) is 3. The molecule has 1 aromatic carbocycles. The molecule has 1 atom stereocenters. The Labute approximate surface area is 96.0 Å². The average molecular weight is 240 g/mol. The van der Waals surface area contributed by atoms with Crippen molar-refractivity contribution < 1.29 is 18.4 Å². The SMILES string of the molecule is CC1CC(=O)N(c2c(N)cc(F)cc2F)C1=O. The van der Waals surface area contributed by atoms with E-state index < -0.39 is 29.4 Å². The maximum atomic E-state index is 13.6. The normalized spacial score (nSPS) is 20.2. The molecular formula is C11H10F2N2O2. The van der Waals surface area contributed by atoms with E-state index in [0.29, 0.717) is 11.0 Å². The van der Waals surface area contributed by atoms with Crippen molar-refractivity contribution in [2.75, 3.05) is 10.6 Å². The molecule has 2 rings (SSSR count). The number of anilines is 2. The summed E-state index contributed by atoms with van der Waals surface area (Å²) in [5.41, 5.74) is 4.82. The number of nitrogens with two attached hydrogens (primary N) is 1. The molecule has 2 amide bonds. The summed E-state index contributed by atoms with van der Waals surface area (Å²) in [6, 6.07) is 1.47. The topological polar surface area (TPSA) is 63.4 Å². The van der Waals surface area contributed by atoms with E-state index in [4.69, 9.17) is 5.73 Å². The molecule has 90 valence electrons. The number of hydrogen-bond donors (Lipinski definition) is 1. The predicted molar refractivity (Wildman–Crippen MR) is 57.0 cm³/mol. The van der Waals surface area contributed by atoms with Crippen LogP contribution in [0.5, 0.6) is 0 Å². The van der Waals surface area contributed by atoms with Crippen LogP contribution < -0.4 is 10.6 Å². The first kappa shape index (κ1) is 11.5. The van der Waals surface area contributed by atoms with E-state index in [1.165, 1.54) is 0 Å². The molecule has 0 bridgehead atoms.